The third-order valence-electron chi connectivity index (χ3n) is 3.40. The molecule has 1 heterocycles. The maximum atomic E-state index is 12.4. The van der Waals surface area contributed by atoms with E-state index in [4.69, 9.17) is 9.47 Å². The van der Waals surface area contributed by atoms with Crippen LogP contribution in [-0.2, 0) is 0 Å². The quantitative estimate of drug-likeness (QED) is 0.751. The van der Waals surface area contributed by atoms with Gasteiger partial charge >= 0.3 is 0 Å². The Bertz CT molecular complexity index is 441. The number of nitrogens with zero attached hydrogens (tertiary/aromatic N) is 1. The lowest BCUT2D eigenvalue weighted by atomic mass is 10.0. The van der Waals surface area contributed by atoms with E-state index in [1.165, 1.54) is 0 Å². The summed E-state index contributed by atoms with van der Waals surface area (Å²) in [5.74, 6) is 1.49. The van der Waals surface area contributed by atoms with Gasteiger partial charge in [-0.1, -0.05) is 13.8 Å². The molecule has 1 atom stereocenters. The first-order valence-electron chi connectivity index (χ1n) is 6.35. The summed E-state index contributed by atoms with van der Waals surface area (Å²) >= 11 is 0. The van der Waals surface area contributed by atoms with Crippen molar-refractivity contribution in [2.24, 2.45) is 0 Å². The number of carbonyl (C=O) groups is 1. The lowest BCUT2D eigenvalue weighted by Crippen LogP contribution is -2.38. The van der Waals surface area contributed by atoms with Crippen molar-refractivity contribution in [3.63, 3.8) is 0 Å². The Balaban J connectivity index is 2.18. The van der Waals surface area contributed by atoms with Gasteiger partial charge < -0.3 is 9.47 Å². The van der Waals surface area contributed by atoms with E-state index in [1.807, 2.05) is 6.92 Å². The Labute approximate surface area is 107 Å². The molecule has 4 heteroatoms. The smallest absolute Gasteiger partial charge is 0.231 e. The summed E-state index contributed by atoms with van der Waals surface area (Å²) in [5, 5.41) is 0. The first-order valence-corrected chi connectivity index (χ1v) is 6.35. The van der Waals surface area contributed by atoms with E-state index >= 15 is 0 Å². The third kappa shape index (κ3) is 2.34. The molecule has 2 rings (SSSR count). The van der Waals surface area contributed by atoms with Crippen molar-refractivity contribution < 1.29 is 14.3 Å². The van der Waals surface area contributed by atoms with Gasteiger partial charge in [0.2, 0.25) is 6.79 Å². The minimum absolute atomic E-state index is 0.111. The monoisotopic (exact) mass is 249 g/mol. The molecule has 0 bridgehead atoms. The summed E-state index contributed by atoms with van der Waals surface area (Å²) in [6, 6.07) is 5.26. The standard InChI is InChI=1S/C14H19NO3/c1-4-15(5-2)10(3)14(16)11-6-7-12-13(8-11)18-9-17-12/h6-8,10H,4-5,9H2,1-3H3/t10-/m1/s1. The van der Waals surface area contributed by atoms with Crippen molar-refractivity contribution in [1.82, 2.24) is 4.90 Å². The third-order valence-corrected chi connectivity index (χ3v) is 3.40. The van der Waals surface area contributed by atoms with Crippen molar-refractivity contribution in [1.29, 1.82) is 0 Å². The highest BCUT2D eigenvalue weighted by Gasteiger charge is 2.22. The van der Waals surface area contributed by atoms with Gasteiger partial charge in [0.05, 0.1) is 6.04 Å². The Morgan fingerprint density at radius 3 is 2.61 bits per heavy atom. The van der Waals surface area contributed by atoms with Crippen LogP contribution in [0.2, 0.25) is 0 Å². The van der Waals surface area contributed by atoms with Crippen LogP contribution in [0.4, 0.5) is 0 Å². The average Bonchev–Trinajstić information content (AvgIpc) is 2.86. The SMILES string of the molecule is CCN(CC)[C@H](C)C(=O)c1ccc2c(c1)OCO2. The topological polar surface area (TPSA) is 38.8 Å². The van der Waals surface area contributed by atoms with Gasteiger partial charge in [0, 0.05) is 5.56 Å². The van der Waals surface area contributed by atoms with Gasteiger partial charge in [0.15, 0.2) is 17.3 Å². The Morgan fingerprint density at radius 2 is 1.94 bits per heavy atom. The molecular weight excluding hydrogens is 230 g/mol. The molecule has 98 valence electrons. The number of hydrogen-bond acceptors (Lipinski definition) is 4. The number of ketones is 1. The van der Waals surface area contributed by atoms with Crippen LogP contribution in [0.1, 0.15) is 31.1 Å². The van der Waals surface area contributed by atoms with Crippen LogP contribution < -0.4 is 9.47 Å². The van der Waals surface area contributed by atoms with E-state index in [9.17, 15) is 4.79 Å². The molecule has 0 N–H and O–H groups in total. The predicted molar refractivity (Wildman–Crippen MR) is 69.3 cm³/mol. The second kappa shape index (κ2) is 5.40. The number of benzene rings is 1. The highest BCUT2D eigenvalue weighted by atomic mass is 16.7. The number of ether oxygens (including phenoxy) is 2. The number of Topliss-reactive ketones (excluding diaryl/α,β-unsaturated/α-hetero) is 1. The van der Waals surface area contributed by atoms with Gasteiger partial charge in [-0.2, -0.15) is 0 Å². The first-order chi connectivity index (χ1) is 8.67. The fourth-order valence-electron chi connectivity index (χ4n) is 2.23. The molecular formula is C14H19NO3. The molecule has 0 spiro atoms. The number of hydrogen-bond donors (Lipinski definition) is 0. The summed E-state index contributed by atoms with van der Waals surface area (Å²) in [4.78, 5) is 14.5. The second-order valence-corrected chi connectivity index (χ2v) is 4.33. The van der Waals surface area contributed by atoms with Crippen LogP contribution in [0.15, 0.2) is 18.2 Å². The maximum absolute atomic E-state index is 12.4. The van der Waals surface area contributed by atoms with Crippen molar-refractivity contribution in [2.75, 3.05) is 19.9 Å². The molecule has 0 amide bonds. The molecule has 1 aliphatic heterocycles. The van der Waals surface area contributed by atoms with Crippen LogP contribution in [-0.4, -0.2) is 36.6 Å². The van der Waals surface area contributed by atoms with Crippen molar-refractivity contribution in [2.45, 2.75) is 26.8 Å². The molecule has 0 fully saturated rings. The largest absolute Gasteiger partial charge is 0.454 e. The fraction of sp³-hybridized carbons (Fsp3) is 0.500. The molecule has 18 heavy (non-hydrogen) atoms. The minimum Gasteiger partial charge on any atom is -0.454 e. The molecule has 0 radical (unpaired) electrons. The van der Waals surface area contributed by atoms with Crippen molar-refractivity contribution in [3.05, 3.63) is 23.8 Å². The summed E-state index contributed by atoms with van der Waals surface area (Å²) in [6.45, 7) is 8.04. The molecule has 0 aliphatic carbocycles. The first kappa shape index (κ1) is 12.9. The molecule has 0 saturated heterocycles. The fourth-order valence-corrected chi connectivity index (χ4v) is 2.23. The highest BCUT2D eigenvalue weighted by Crippen LogP contribution is 2.32. The zero-order chi connectivity index (χ0) is 13.1. The van der Waals surface area contributed by atoms with Crippen LogP contribution in [0.3, 0.4) is 0 Å². The van der Waals surface area contributed by atoms with Gasteiger partial charge in [-0.15, -0.1) is 0 Å². The zero-order valence-corrected chi connectivity index (χ0v) is 11.1. The van der Waals surface area contributed by atoms with Crippen LogP contribution in [0.5, 0.6) is 11.5 Å². The minimum atomic E-state index is -0.111. The highest BCUT2D eigenvalue weighted by molar-refractivity contribution is 6.00. The number of carbonyl (C=O) groups excluding carboxylic acids is 1. The van der Waals surface area contributed by atoms with E-state index < -0.39 is 0 Å². The maximum Gasteiger partial charge on any atom is 0.231 e. The van der Waals surface area contributed by atoms with E-state index in [1.54, 1.807) is 18.2 Å². The lowest BCUT2D eigenvalue weighted by Gasteiger charge is -2.25. The zero-order valence-electron chi connectivity index (χ0n) is 11.1. The Hall–Kier alpha value is -1.55. The molecule has 0 aromatic heterocycles. The number of likely N-dealkylation sites (N-methyl/N-ethyl adjacent to an activating group) is 1. The molecule has 0 saturated carbocycles. The lowest BCUT2D eigenvalue weighted by molar-refractivity contribution is 0.0851. The van der Waals surface area contributed by atoms with E-state index in [0.29, 0.717) is 17.1 Å². The van der Waals surface area contributed by atoms with Gasteiger partial charge in [0.1, 0.15) is 0 Å². The van der Waals surface area contributed by atoms with Crippen LogP contribution in [0, 0.1) is 0 Å². The summed E-state index contributed by atoms with van der Waals surface area (Å²) in [6.07, 6.45) is 0. The van der Waals surface area contributed by atoms with Crippen molar-refractivity contribution >= 4 is 5.78 Å². The molecule has 1 aromatic carbocycles. The van der Waals surface area contributed by atoms with Gasteiger partial charge in [0.25, 0.3) is 0 Å². The summed E-state index contributed by atoms with van der Waals surface area (Å²) in [7, 11) is 0. The van der Waals surface area contributed by atoms with Gasteiger partial charge in [-0.3, -0.25) is 9.69 Å². The molecule has 1 aliphatic rings. The Morgan fingerprint density at radius 1 is 1.28 bits per heavy atom. The molecule has 4 nitrogen and oxygen atoms in total. The van der Waals surface area contributed by atoms with Crippen molar-refractivity contribution in [3.8, 4) is 11.5 Å². The Kier molecular flexibility index (Phi) is 3.87. The number of rotatable bonds is 5. The molecule has 1 aromatic rings. The summed E-state index contributed by atoms with van der Waals surface area (Å²) < 4.78 is 10.5. The van der Waals surface area contributed by atoms with E-state index in [-0.39, 0.29) is 18.6 Å². The van der Waals surface area contributed by atoms with Crippen LogP contribution in [0.25, 0.3) is 0 Å². The van der Waals surface area contributed by atoms with Gasteiger partial charge in [-0.05, 0) is 38.2 Å². The number of fused-ring (bicyclic) bond motifs is 1. The second-order valence-electron chi connectivity index (χ2n) is 4.33. The van der Waals surface area contributed by atoms with Gasteiger partial charge in [-0.25, -0.2) is 0 Å². The van der Waals surface area contributed by atoms with E-state index in [2.05, 4.69) is 18.7 Å². The normalized spacial score (nSPS) is 14.9. The van der Waals surface area contributed by atoms with Crippen LogP contribution >= 0.6 is 0 Å². The predicted octanol–water partition coefficient (Wildman–Crippen LogP) is 2.33. The average molecular weight is 249 g/mol. The summed E-state index contributed by atoms with van der Waals surface area (Å²) in [5.41, 5.74) is 0.679. The van der Waals surface area contributed by atoms with E-state index in [0.717, 1.165) is 13.1 Å². The molecule has 0 unspecified atom stereocenters.